The lowest BCUT2D eigenvalue weighted by molar-refractivity contribution is 0.469. The summed E-state index contributed by atoms with van der Waals surface area (Å²) in [5.41, 5.74) is 2.99. The van der Waals surface area contributed by atoms with Gasteiger partial charge in [-0.05, 0) is 59.3 Å². The number of rotatable bonds is 3. The molecule has 0 aliphatic rings. The van der Waals surface area contributed by atoms with Crippen LogP contribution in [0.15, 0.2) is 36.4 Å². The van der Waals surface area contributed by atoms with Crippen molar-refractivity contribution < 1.29 is 5.11 Å². The Morgan fingerprint density at radius 3 is 2.72 bits per heavy atom. The van der Waals surface area contributed by atoms with Gasteiger partial charge in [-0.3, -0.25) is 0 Å². The van der Waals surface area contributed by atoms with Crippen molar-refractivity contribution in [1.29, 1.82) is 0 Å². The van der Waals surface area contributed by atoms with E-state index < -0.39 is 0 Å². The summed E-state index contributed by atoms with van der Waals surface area (Å²) in [6.07, 6.45) is 0. The predicted molar refractivity (Wildman–Crippen MR) is 84.3 cm³/mol. The van der Waals surface area contributed by atoms with Gasteiger partial charge >= 0.3 is 0 Å². The van der Waals surface area contributed by atoms with Crippen LogP contribution in [0.4, 0.5) is 5.69 Å². The maximum Gasteiger partial charge on any atom is 0.122 e. The molecule has 0 fully saturated rings. The average Bonchev–Trinajstić information content (AvgIpc) is 2.33. The Hall–Kier alpha value is -0.940. The fourth-order valence-electron chi connectivity index (χ4n) is 1.62. The number of nitrogens with one attached hydrogen (secondary N) is 1. The second kappa shape index (κ2) is 5.80. The van der Waals surface area contributed by atoms with Crippen molar-refractivity contribution in [3.63, 3.8) is 0 Å². The SMILES string of the molecule is Cc1ccc(NCc2c(O)cccc2Cl)cc1I. The van der Waals surface area contributed by atoms with E-state index in [1.807, 2.05) is 6.07 Å². The van der Waals surface area contributed by atoms with Gasteiger partial charge in [0, 0.05) is 26.4 Å². The molecule has 2 rings (SSSR count). The Labute approximate surface area is 125 Å². The molecule has 0 aliphatic carbocycles. The number of phenolic OH excluding ortho intramolecular Hbond substituents is 1. The van der Waals surface area contributed by atoms with Crippen molar-refractivity contribution in [2.45, 2.75) is 13.5 Å². The van der Waals surface area contributed by atoms with E-state index in [0.29, 0.717) is 11.6 Å². The second-order valence-corrected chi connectivity index (χ2v) is 5.62. The van der Waals surface area contributed by atoms with E-state index in [1.54, 1.807) is 18.2 Å². The number of aromatic hydroxyl groups is 1. The largest absolute Gasteiger partial charge is 0.508 e. The molecule has 2 nitrogen and oxygen atoms in total. The number of hydrogen-bond acceptors (Lipinski definition) is 2. The summed E-state index contributed by atoms with van der Waals surface area (Å²) >= 11 is 8.35. The molecule has 4 heteroatoms. The zero-order valence-corrected chi connectivity index (χ0v) is 12.8. The third-order valence-electron chi connectivity index (χ3n) is 2.74. The summed E-state index contributed by atoms with van der Waals surface area (Å²) in [5.74, 6) is 0.219. The van der Waals surface area contributed by atoms with Crippen LogP contribution >= 0.6 is 34.2 Å². The van der Waals surface area contributed by atoms with Gasteiger partial charge in [-0.25, -0.2) is 0 Å². The number of anilines is 1. The molecular weight excluding hydrogens is 361 g/mol. The highest BCUT2D eigenvalue weighted by Gasteiger charge is 2.06. The average molecular weight is 374 g/mol. The quantitative estimate of drug-likeness (QED) is 0.773. The van der Waals surface area contributed by atoms with E-state index in [0.717, 1.165) is 11.3 Å². The van der Waals surface area contributed by atoms with Crippen molar-refractivity contribution in [2.24, 2.45) is 0 Å². The van der Waals surface area contributed by atoms with Crippen molar-refractivity contribution in [3.8, 4) is 5.75 Å². The molecule has 18 heavy (non-hydrogen) atoms. The summed E-state index contributed by atoms with van der Waals surface area (Å²) < 4.78 is 1.21. The van der Waals surface area contributed by atoms with E-state index >= 15 is 0 Å². The van der Waals surface area contributed by atoms with Gasteiger partial charge in [-0.15, -0.1) is 0 Å². The fourth-order valence-corrected chi connectivity index (χ4v) is 2.37. The molecular formula is C14H13ClINO. The molecule has 0 radical (unpaired) electrons. The molecule has 0 unspecified atom stereocenters. The lowest BCUT2D eigenvalue weighted by Gasteiger charge is -2.10. The Morgan fingerprint density at radius 2 is 2.06 bits per heavy atom. The van der Waals surface area contributed by atoms with Gasteiger partial charge in [0.25, 0.3) is 0 Å². The maximum atomic E-state index is 9.74. The molecule has 0 atom stereocenters. The van der Waals surface area contributed by atoms with Crippen LogP contribution in [0, 0.1) is 10.5 Å². The van der Waals surface area contributed by atoms with Gasteiger partial charge in [0.2, 0.25) is 0 Å². The highest BCUT2D eigenvalue weighted by atomic mass is 127. The first-order valence-corrected chi connectivity index (χ1v) is 7.00. The first kappa shape index (κ1) is 13.5. The minimum atomic E-state index is 0.219. The van der Waals surface area contributed by atoms with E-state index in [4.69, 9.17) is 11.6 Å². The number of aryl methyl sites for hydroxylation is 1. The Morgan fingerprint density at radius 1 is 1.28 bits per heavy atom. The standard InChI is InChI=1S/C14H13ClINO/c1-9-5-6-10(7-13(9)16)17-8-11-12(15)3-2-4-14(11)18/h2-7,17-18H,8H2,1H3. The molecule has 0 amide bonds. The third-order valence-corrected chi connectivity index (χ3v) is 4.25. The first-order valence-electron chi connectivity index (χ1n) is 5.54. The van der Waals surface area contributed by atoms with Crippen LogP contribution < -0.4 is 5.32 Å². The minimum absolute atomic E-state index is 0.219. The number of benzene rings is 2. The van der Waals surface area contributed by atoms with Crippen LogP contribution in [-0.4, -0.2) is 5.11 Å². The summed E-state index contributed by atoms with van der Waals surface area (Å²) in [6, 6.07) is 11.3. The molecule has 0 bridgehead atoms. The van der Waals surface area contributed by atoms with Crippen LogP contribution in [-0.2, 0) is 6.54 Å². The van der Waals surface area contributed by atoms with E-state index in [1.165, 1.54) is 9.13 Å². The highest BCUT2D eigenvalue weighted by Crippen LogP contribution is 2.26. The number of halogens is 2. The van der Waals surface area contributed by atoms with E-state index in [2.05, 4.69) is 47.0 Å². The van der Waals surface area contributed by atoms with E-state index in [9.17, 15) is 5.11 Å². The lowest BCUT2D eigenvalue weighted by Crippen LogP contribution is -2.01. The minimum Gasteiger partial charge on any atom is -0.508 e. The number of phenols is 1. The van der Waals surface area contributed by atoms with Crippen LogP contribution in [0.3, 0.4) is 0 Å². The molecule has 0 spiro atoms. The predicted octanol–water partition coefficient (Wildman–Crippen LogP) is 4.57. The van der Waals surface area contributed by atoms with Crippen molar-refractivity contribution in [3.05, 3.63) is 56.1 Å². The zero-order chi connectivity index (χ0) is 13.1. The van der Waals surface area contributed by atoms with Gasteiger partial charge in [-0.1, -0.05) is 23.7 Å². The summed E-state index contributed by atoms with van der Waals surface area (Å²) in [7, 11) is 0. The summed E-state index contributed by atoms with van der Waals surface area (Å²) in [4.78, 5) is 0. The molecule has 2 aromatic carbocycles. The second-order valence-electron chi connectivity index (χ2n) is 4.06. The van der Waals surface area contributed by atoms with Crippen LogP contribution in [0.5, 0.6) is 5.75 Å². The molecule has 0 heterocycles. The van der Waals surface area contributed by atoms with Crippen molar-refractivity contribution in [1.82, 2.24) is 0 Å². The zero-order valence-electron chi connectivity index (χ0n) is 9.87. The number of hydrogen-bond donors (Lipinski definition) is 2. The smallest absolute Gasteiger partial charge is 0.122 e. The van der Waals surface area contributed by atoms with Gasteiger partial charge in [-0.2, -0.15) is 0 Å². The third kappa shape index (κ3) is 3.09. The monoisotopic (exact) mass is 373 g/mol. The molecule has 2 aromatic rings. The lowest BCUT2D eigenvalue weighted by atomic mass is 10.2. The Balaban J connectivity index is 2.14. The van der Waals surface area contributed by atoms with E-state index in [-0.39, 0.29) is 5.75 Å². The van der Waals surface area contributed by atoms with Gasteiger partial charge in [0.05, 0.1) is 0 Å². The first-order chi connectivity index (χ1) is 8.58. The van der Waals surface area contributed by atoms with Crippen LogP contribution in [0.2, 0.25) is 5.02 Å². The molecule has 0 aliphatic heterocycles. The van der Waals surface area contributed by atoms with Gasteiger partial charge in [0.1, 0.15) is 5.75 Å². The normalized spacial score (nSPS) is 10.4. The summed E-state index contributed by atoms with van der Waals surface area (Å²) in [5, 5.41) is 13.6. The Bertz CT molecular complexity index is 551. The summed E-state index contributed by atoms with van der Waals surface area (Å²) in [6.45, 7) is 2.58. The van der Waals surface area contributed by atoms with Crippen LogP contribution in [0.25, 0.3) is 0 Å². The van der Waals surface area contributed by atoms with Crippen LogP contribution in [0.1, 0.15) is 11.1 Å². The topological polar surface area (TPSA) is 32.3 Å². The molecule has 2 N–H and O–H groups in total. The molecule has 0 saturated carbocycles. The maximum absolute atomic E-state index is 9.74. The molecule has 0 aromatic heterocycles. The van der Waals surface area contributed by atoms with Gasteiger partial charge in [0.15, 0.2) is 0 Å². The fraction of sp³-hybridized carbons (Fsp3) is 0.143. The Kier molecular flexibility index (Phi) is 4.35. The van der Waals surface area contributed by atoms with Crippen molar-refractivity contribution >= 4 is 39.9 Å². The molecule has 0 saturated heterocycles. The molecule has 94 valence electrons. The van der Waals surface area contributed by atoms with Gasteiger partial charge < -0.3 is 10.4 Å². The highest BCUT2D eigenvalue weighted by molar-refractivity contribution is 14.1. The van der Waals surface area contributed by atoms with Crippen molar-refractivity contribution in [2.75, 3.05) is 5.32 Å².